The number of hydrogen-bond donors (Lipinski definition) is 2. The van der Waals surface area contributed by atoms with E-state index in [4.69, 9.17) is 0 Å². The average molecular weight is 296 g/mol. The van der Waals surface area contributed by atoms with Crippen LogP contribution in [-0.4, -0.2) is 31.4 Å². The van der Waals surface area contributed by atoms with Crippen LogP contribution in [0.4, 0.5) is 0 Å². The minimum atomic E-state index is -3.63. The van der Waals surface area contributed by atoms with Gasteiger partial charge >= 0.3 is 5.97 Å². The highest BCUT2D eigenvalue weighted by atomic mass is 32.2. The van der Waals surface area contributed by atoms with E-state index in [1.807, 2.05) is 13.8 Å². The van der Waals surface area contributed by atoms with Crippen LogP contribution in [0.3, 0.4) is 0 Å². The Morgan fingerprint density at radius 3 is 2.60 bits per heavy atom. The standard InChI is InChI=1S/C13H16N2O4S/c1-8(2)7-10(13(16)17)14-12-9-5-3-4-6-11(9)20(18,19)15-12/h3-6,8,10H,7H2,1-2H3,(H,14,15)(H,16,17). The molecule has 1 heterocycles. The highest BCUT2D eigenvalue weighted by molar-refractivity contribution is 7.90. The Hall–Kier alpha value is -1.89. The van der Waals surface area contributed by atoms with Crippen molar-refractivity contribution < 1.29 is 18.3 Å². The van der Waals surface area contributed by atoms with Gasteiger partial charge in [0.25, 0.3) is 10.0 Å². The molecule has 0 saturated heterocycles. The molecular formula is C13H16N2O4S. The van der Waals surface area contributed by atoms with E-state index < -0.39 is 22.0 Å². The highest BCUT2D eigenvalue weighted by Gasteiger charge is 2.31. The van der Waals surface area contributed by atoms with Crippen molar-refractivity contribution in [2.24, 2.45) is 10.9 Å². The van der Waals surface area contributed by atoms with Gasteiger partial charge in [-0.05, 0) is 24.5 Å². The summed E-state index contributed by atoms with van der Waals surface area (Å²) < 4.78 is 26.1. The van der Waals surface area contributed by atoms with Crippen LogP contribution < -0.4 is 4.72 Å². The lowest BCUT2D eigenvalue weighted by Gasteiger charge is -2.11. The predicted octanol–water partition coefficient (Wildman–Crippen LogP) is 1.22. The molecule has 2 N–H and O–H groups in total. The first-order valence-corrected chi connectivity index (χ1v) is 7.72. The number of carboxylic acids is 1. The summed E-state index contributed by atoms with van der Waals surface area (Å²) in [4.78, 5) is 15.4. The molecule has 0 spiro atoms. The molecule has 0 radical (unpaired) electrons. The summed E-state index contributed by atoms with van der Waals surface area (Å²) in [6.45, 7) is 3.78. The summed E-state index contributed by atoms with van der Waals surface area (Å²) in [5.41, 5.74) is 0.419. The van der Waals surface area contributed by atoms with Gasteiger partial charge in [-0.1, -0.05) is 26.0 Å². The van der Waals surface area contributed by atoms with Crippen molar-refractivity contribution in [3.05, 3.63) is 29.8 Å². The molecule has 0 aromatic heterocycles. The fourth-order valence-corrected chi connectivity index (χ4v) is 3.28. The number of carboxylic acid groups (broad SMARTS) is 1. The number of carbonyl (C=O) groups is 1. The zero-order chi connectivity index (χ0) is 14.9. The van der Waals surface area contributed by atoms with E-state index in [2.05, 4.69) is 9.71 Å². The van der Waals surface area contributed by atoms with Crippen LogP contribution >= 0.6 is 0 Å². The Morgan fingerprint density at radius 2 is 2.00 bits per heavy atom. The van der Waals surface area contributed by atoms with E-state index in [0.717, 1.165) is 0 Å². The number of nitrogens with one attached hydrogen (secondary N) is 1. The topological polar surface area (TPSA) is 95.8 Å². The summed E-state index contributed by atoms with van der Waals surface area (Å²) in [7, 11) is -3.63. The smallest absolute Gasteiger partial charge is 0.328 e. The van der Waals surface area contributed by atoms with Crippen molar-refractivity contribution in [3.63, 3.8) is 0 Å². The van der Waals surface area contributed by atoms with Gasteiger partial charge < -0.3 is 5.11 Å². The number of amidine groups is 1. The van der Waals surface area contributed by atoms with Crippen LogP contribution in [-0.2, 0) is 14.8 Å². The molecule has 7 heteroatoms. The third-order valence-electron chi connectivity index (χ3n) is 2.93. The van der Waals surface area contributed by atoms with Gasteiger partial charge in [0.15, 0.2) is 0 Å². The number of fused-ring (bicyclic) bond motifs is 1. The monoisotopic (exact) mass is 296 g/mol. The summed E-state index contributed by atoms with van der Waals surface area (Å²) in [5, 5.41) is 9.18. The van der Waals surface area contributed by atoms with Crippen LogP contribution in [0.1, 0.15) is 25.8 Å². The molecule has 108 valence electrons. The Morgan fingerprint density at radius 1 is 1.35 bits per heavy atom. The number of rotatable bonds is 4. The van der Waals surface area contributed by atoms with Gasteiger partial charge in [0.2, 0.25) is 0 Å². The normalized spacial score (nSPS) is 19.6. The summed E-state index contributed by atoms with van der Waals surface area (Å²) >= 11 is 0. The zero-order valence-electron chi connectivity index (χ0n) is 11.2. The minimum absolute atomic E-state index is 0.105. The molecule has 0 saturated carbocycles. The van der Waals surface area contributed by atoms with Crippen LogP contribution in [0.15, 0.2) is 34.2 Å². The molecule has 20 heavy (non-hydrogen) atoms. The number of aliphatic carboxylic acids is 1. The van der Waals surface area contributed by atoms with Crippen LogP contribution in [0.25, 0.3) is 0 Å². The van der Waals surface area contributed by atoms with E-state index in [9.17, 15) is 18.3 Å². The molecular weight excluding hydrogens is 280 g/mol. The third kappa shape index (κ3) is 2.82. The maximum absolute atomic E-state index is 11.9. The Kier molecular flexibility index (Phi) is 3.80. The van der Waals surface area contributed by atoms with Crippen molar-refractivity contribution in [3.8, 4) is 0 Å². The Balaban J connectivity index is 2.43. The van der Waals surface area contributed by atoms with Crippen molar-refractivity contribution in [2.75, 3.05) is 0 Å². The van der Waals surface area contributed by atoms with E-state index in [1.165, 1.54) is 6.07 Å². The van der Waals surface area contributed by atoms with E-state index in [0.29, 0.717) is 12.0 Å². The van der Waals surface area contributed by atoms with E-state index in [-0.39, 0.29) is 16.6 Å². The van der Waals surface area contributed by atoms with Gasteiger partial charge in [-0.2, -0.15) is 0 Å². The average Bonchev–Trinajstić information content (AvgIpc) is 2.60. The van der Waals surface area contributed by atoms with Gasteiger partial charge in [0.05, 0.1) is 4.90 Å². The maximum Gasteiger partial charge on any atom is 0.328 e. The number of benzene rings is 1. The number of aliphatic imine (C=N–C) groups is 1. The van der Waals surface area contributed by atoms with E-state index in [1.54, 1.807) is 18.2 Å². The van der Waals surface area contributed by atoms with Gasteiger partial charge in [-0.25, -0.2) is 13.2 Å². The van der Waals surface area contributed by atoms with Crippen LogP contribution in [0, 0.1) is 5.92 Å². The fraction of sp³-hybridized carbons (Fsp3) is 0.385. The highest BCUT2D eigenvalue weighted by Crippen LogP contribution is 2.23. The van der Waals surface area contributed by atoms with Gasteiger partial charge in [-0.3, -0.25) is 9.71 Å². The van der Waals surface area contributed by atoms with Crippen molar-refractivity contribution in [1.82, 2.24) is 4.72 Å². The molecule has 0 aliphatic carbocycles. The van der Waals surface area contributed by atoms with Crippen molar-refractivity contribution >= 4 is 21.8 Å². The third-order valence-corrected chi connectivity index (χ3v) is 4.32. The molecule has 1 aliphatic rings. The minimum Gasteiger partial charge on any atom is -0.480 e. The Bertz CT molecular complexity index is 665. The molecule has 1 aromatic carbocycles. The van der Waals surface area contributed by atoms with Gasteiger partial charge in [0.1, 0.15) is 11.9 Å². The predicted molar refractivity (Wildman–Crippen MR) is 74.2 cm³/mol. The number of nitrogens with zero attached hydrogens (tertiary/aromatic N) is 1. The molecule has 0 bridgehead atoms. The second-order valence-electron chi connectivity index (χ2n) is 5.06. The SMILES string of the molecule is CC(C)CC(N=C1NS(=O)(=O)c2ccccc21)C(=O)O. The lowest BCUT2D eigenvalue weighted by Crippen LogP contribution is -2.27. The summed E-state index contributed by atoms with van der Waals surface area (Å²) in [6.07, 6.45) is 0.350. The molecule has 0 fully saturated rings. The summed E-state index contributed by atoms with van der Waals surface area (Å²) in [6, 6.07) is 5.43. The largest absolute Gasteiger partial charge is 0.480 e. The molecule has 2 rings (SSSR count). The lowest BCUT2D eigenvalue weighted by atomic mass is 10.0. The molecule has 6 nitrogen and oxygen atoms in total. The second kappa shape index (κ2) is 5.24. The van der Waals surface area contributed by atoms with Crippen molar-refractivity contribution in [1.29, 1.82) is 0 Å². The first-order valence-electron chi connectivity index (χ1n) is 6.24. The molecule has 1 aromatic rings. The quantitative estimate of drug-likeness (QED) is 0.873. The molecule has 1 atom stereocenters. The van der Waals surface area contributed by atoms with Crippen LogP contribution in [0.5, 0.6) is 0 Å². The molecule has 1 unspecified atom stereocenters. The molecule has 1 aliphatic heterocycles. The first kappa shape index (κ1) is 14.5. The van der Waals surface area contributed by atoms with E-state index >= 15 is 0 Å². The first-order chi connectivity index (χ1) is 9.31. The van der Waals surface area contributed by atoms with Gasteiger partial charge in [-0.15, -0.1) is 0 Å². The molecule has 0 amide bonds. The summed E-state index contributed by atoms with van der Waals surface area (Å²) in [5.74, 6) is -0.808. The number of hydrogen-bond acceptors (Lipinski definition) is 4. The van der Waals surface area contributed by atoms with Crippen molar-refractivity contribution in [2.45, 2.75) is 31.2 Å². The maximum atomic E-state index is 11.9. The lowest BCUT2D eigenvalue weighted by molar-refractivity contribution is -0.138. The van der Waals surface area contributed by atoms with Crippen LogP contribution in [0.2, 0.25) is 0 Å². The zero-order valence-corrected chi connectivity index (χ0v) is 12.0. The Labute approximate surface area is 117 Å². The van der Waals surface area contributed by atoms with Gasteiger partial charge in [0, 0.05) is 5.56 Å². The number of sulfonamides is 1. The second-order valence-corrected chi connectivity index (χ2v) is 6.71. The fourth-order valence-electron chi connectivity index (χ4n) is 2.04.